The first-order valence-electron chi connectivity index (χ1n) is 8.07. The number of urea groups is 1. The van der Waals surface area contributed by atoms with Gasteiger partial charge in [0.15, 0.2) is 0 Å². The number of amides is 2. The van der Waals surface area contributed by atoms with Gasteiger partial charge in [0, 0.05) is 13.0 Å². The summed E-state index contributed by atoms with van der Waals surface area (Å²) in [4.78, 5) is 12.1. The highest BCUT2D eigenvalue weighted by atomic mass is 16.5. The maximum absolute atomic E-state index is 12.1. The monoisotopic (exact) mass is 326 g/mol. The summed E-state index contributed by atoms with van der Waals surface area (Å²) in [6, 6.07) is 15.0. The highest BCUT2D eigenvalue weighted by molar-refractivity contribution is 5.90. The molecular formula is C19H22N2O3. The van der Waals surface area contributed by atoms with Crippen molar-refractivity contribution in [2.24, 2.45) is 0 Å². The molecule has 0 fully saturated rings. The van der Waals surface area contributed by atoms with E-state index in [2.05, 4.69) is 16.7 Å². The van der Waals surface area contributed by atoms with Crippen molar-refractivity contribution < 1.29 is 14.6 Å². The van der Waals surface area contributed by atoms with Crippen LogP contribution in [-0.2, 0) is 12.8 Å². The van der Waals surface area contributed by atoms with Gasteiger partial charge in [0.1, 0.15) is 5.75 Å². The van der Waals surface area contributed by atoms with E-state index in [1.165, 1.54) is 5.56 Å². The van der Waals surface area contributed by atoms with Crippen LogP contribution in [0.2, 0.25) is 0 Å². The van der Waals surface area contributed by atoms with Crippen molar-refractivity contribution in [3.63, 3.8) is 0 Å². The van der Waals surface area contributed by atoms with Crippen LogP contribution >= 0.6 is 0 Å². The van der Waals surface area contributed by atoms with Gasteiger partial charge in [-0.1, -0.05) is 36.4 Å². The predicted molar refractivity (Wildman–Crippen MR) is 93.4 cm³/mol. The Labute approximate surface area is 141 Å². The Kier molecular flexibility index (Phi) is 4.71. The van der Waals surface area contributed by atoms with Crippen molar-refractivity contribution >= 4 is 11.7 Å². The fraction of sp³-hybridized carbons (Fsp3) is 0.316. The van der Waals surface area contributed by atoms with Gasteiger partial charge < -0.3 is 20.5 Å². The van der Waals surface area contributed by atoms with Gasteiger partial charge >= 0.3 is 6.03 Å². The summed E-state index contributed by atoms with van der Waals surface area (Å²) in [5, 5.41) is 16.3. The number of carbonyl (C=O) groups is 1. The number of nitrogens with one attached hydrogen (secondary N) is 2. The minimum atomic E-state index is -0.910. The Balaban J connectivity index is 1.58. The Hall–Kier alpha value is -2.53. The zero-order valence-corrected chi connectivity index (χ0v) is 13.7. The summed E-state index contributed by atoms with van der Waals surface area (Å²) in [6.45, 7) is 0.211. The van der Waals surface area contributed by atoms with E-state index in [1.54, 1.807) is 19.2 Å². The SMILES string of the molecule is COc1ccccc1NC(=O)NC[C@@]1(O)CCc2ccccc2C1. The van der Waals surface area contributed by atoms with Gasteiger partial charge in [0.05, 0.1) is 18.4 Å². The van der Waals surface area contributed by atoms with Crippen LogP contribution in [0.15, 0.2) is 48.5 Å². The minimum absolute atomic E-state index is 0.211. The van der Waals surface area contributed by atoms with E-state index in [-0.39, 0.29) is 12.6 Å². The Bertz CT molecular complexity index is 732. The lowest BCUT2D eigenvalue weighted by atomic mass is 9.80. The molecule has 5 heteroatoms. The van der Waals surface area contributed by atoms with E-state index in [0.717, 1.165) is 12.0 Å². The van der Waals surface area contributed by atoms with Crippen LogP contribution in [0.25, 0.3) is 0 Å². The number of hydrogen-bond acceptors (Lipinski definition) is 3. The third kappa shape index (κ3) is 3.68. The van der Waals surface area contributed by atoms with Crippen molar-refractivity contribution in [3.8, 4) is 5.75 Å². The molecule has 0 heterocycles. The first-order valence-corrected chi connectivity index (χ1v) is 8.07. The summed E-state index contributed by atoms with van der Waals surface area (Å²) in [7, 11) is 1.56. The van der Waals surface area contributed by atoms with Gasteiger partial charge in [-0.25, -0.2) is 4.79 Å². The van der Waals surface area contributed by atoms with Crippen LogP contribution < -0.4 is 15.4 Å². The topological polar surface area (TPSA) is 70.6 Å². The second-order valence-electron chi connectivity index (χ2n) is 6.18. The molecule has 24 heavy (non-hydrogen) atoms. The number of carbonyl (C=O) groups excluding carboxylic acids is 1. The standard InChI is InChI=1S/C19H22N2O3/c1-24-17-9-5-4-8-16(17)21-18(22)20-13-19(23)11-10-14-6-2-3-7-15(14)12-19/h2-9,23H,10-13H2,1H3,(H2,20,21,22)/t19-/m1/s1. The molecule has 126 valence electrons. The number of aliphatic hydroxyl groups is 1. The van der Waals surface area contributed by atoms with Crippen molar-refractivity contribution in [2.75, 3.05) is 19.0 Å². The Morgan fingerprint density at radius 1 is 1.17 bits per heavy atom. The number of para-hydroxylation sites is 2. The van der Waals surface area contributed by atoms with Gasteiger partial charge in [0.25, 0.3) is 0 Å². The van der Waals surface area contributed by atoms with E-state index in [9.17, 15) is 9.90 Å². The molecule has 0 spiro atoms. The predicted octanol–water partition coefficient (Wildman–Crippen LogP) is 2.74. The molecule has 2 amide bonds. The fourth-order valence-electron chi connectivity index (χ4n) is 3.09. The quantitative estimate of drug-likeness (QED) is 0.809. The Morgan fingerprint density at radius 3 is 2.67 bits per heavy atom. The molecule has 1 atom stereocenters. The summed E-state index contributed by atoms with van der Waals surface area (Å²) in [5.74, 6) is 0.595. The van der Waals surface area contributed by atoms with E-state index < -0.39 is 5.60 Å². The molecule has 3 N–H and O–H groups in total. The molecule has 1 aliphatic rings. The maximum atomic E-state index is 12.1. The van der Waals surface area contributed by atoms with Gasteiger partial charge in [-0.15, -0.1) is 0 Å². The van der Waals surface area contributed by atoms with E-state index in [1.807, 2.05) is 30.3 Å². The number of hydrogen-bond donors (Lipinski definition) is 3. The van der Waals surface area contributed by atoms with E-state index in [0.29, 0.717) is 24.3 Å². The second-order valence-corrected chi connectivity index (χ2v) is 6.18. The summed E-state index contributed by atoms with van der Waals surface area (Å²) in [5.41, 5.74) is 2.12. The highest BCUT2D eigenvalue weighted by Crippen LogP contribution is 2.28. The highest BCUT2D eigenvalue weighted by Gasteiger charge is 2.32. The molecule has 0 aromatic heterocycles. The van der Waals surface area contributed by atoms with Crippen LogP contribution in [0.1, 0.15) is 17.5 Å². The molecule has 0 bridgehead atoms. The molecule has 1 aliphatic carbocycles. The molecule has 2 aromatic carbocycles. The van der Waals surface area contributed by atoms with E-state index in [4.69, 9.17) is 4.74 Å². The lowest BCUT2D eigenvalue weighted by Crippen LogP contribution is -2.47. The molecule has 0 aliphatic heterocycles. The third-order valence-electron chi connectivity index (χ3n) is 4.43. The van der Waals surface area contributed by atoms with Crippen molar-refractivity contribution in [2.45, 2.75) is 24.9 Å². The first-order chi connectivity index (χ1) is 11.6. The number of anilines is 1. The molecular weight excluding hydrogens is 304 g/mol. The van der Waals surface area contributed by atoms with Crippen molar-refractivity contribution in [3.05, 3.63) is 59.7 Å². The van der Waals surface area contributed by atoms with Crippen LogP contribution in [0.5, 0.6) is 5.75 Å². The molecule has 0 unspecified atom stereocenters. The molecule has 0 saturated carbocycles. The van der Waals surface area contributed by atoms with Gasteiger partial charge in [-0.2, -0.15) is 0 Å². The van der Waals surface area contributed by atoms with Crippen molar-refractivity contribution in [1.29, 1.82) is 0 Å². The normalized spacial score (nSPS) is 19.2. The van der Waals surface area contributed by atoms with Crippen LogP contribution in [0, 0.1) is 0 Å². The molecule has 0 saturated heterocycles. The number of fused-ring (bicyclic) bond motifs is 1. The molecule has 3 rings (SSSR count). The third-order valence-corrected chi connectivity index (χ3v) is 4.43. The Morgan fingerprint density at radius 2 is 1.88 bits per heavy atom. The lowest BCUT2D eigenvalue weighted by molar-refractivity contribution is 0.0295. The summed E-state index contributed by atoms with van der Waals surface area (Å²) < 4.78 is 5.21. The lowest BCUT2D eigenvalue weighted by Gasteiger charge is -2.33. The summed E-state index contributed by atoms with van der Waals surface area (Å²) in [6.07, 6.45) is 2.01. The maximum Gasteiger partial charge on any atom is 0.319 e. The van der Waals surface area contributed by atoms with Crippen LogP contribution in [0.3, 0.4) is 0 Å². The van der Waals surface area contributed by atoms with Gasteiger partial charge in [-0.3, -0.25) is 0 Å². The number of ether oxygens (including phenoxy) is 1. The average Bonchev–Trinajstić information content (AvgIpc) is 2.60. The summed E-state index contributed by atoms with van der Waals surface area (Å²) >= 11 is 0. The molecule has 5 nitrogen and oxygen atoms in total. The fourth-order valence-corrected chi connectivity index (χ4v) is 3.09. The van der Waals surface area contributed by atoms with Crippen LogP contribution in [-0.4, -0.2) is 30.4 Å². The van der Waals surface area contributed by atoms with Crippen LogP contribution in [0.4, 0.5) is 10.5 Å². The second kappa shape index (κ2) is 6.93. The zero-order chi connectivity index (χ0) is 17.0. The van der Waals surface area contributed by atoms with Gasteiger partial charge in [0.2, 0.25) is 0 Å². The zero-order valence-electron chi connectivity index (χ0n) is 13.7. The number of aryl methyl sites for hydroxylation is 1. The number of methoxy groups -OCH3 is 1. The first kappa shape index (κ1) is 16.3. The smallest absolute Gasteiger partial charge is 0.319 e. The number of rotatable bonds is 4. The van der Waals surface area contributed by atoms with Gasteiger partial charge in [-0.05, 0) is 36.1 Å². The average molecular weight is 326 g/mol. The minimum Gasteiger partial charge on any atom is -0.495 e. The van der Waals surface area contributed by atoms with Crippen molar-refractivity contribution in [1.82, 2.24) is 5.32 Å². The molecule has 2 aromatic rings. The number of benzene rings is 2. The largest absolute Gasteiger partial charge is 0.495 e. The molecule has 0 radical (unpaired) electrons. The van der Waals surface area contributed by atoms with E-state index >= 15 is 0 Å².